The summed E-state index contributed by atoms with van der Waals surface area (Å²) in [6, 6.07) is 4.95. The van der Waals surface area contributed by atoms with Crippen molar-refractivity contribution in [3.63, 3.8) is 0 Å². The SMILES string of the molecule is CCC(C)NC(=O)C1CCCN(S(=O)(=O)c2ccc3c(c2)C(C)(C)C(=O)N3C)C1. The Morgan fingerprint density at radius 1 is 1.34 bits per heavy atom. The van der Waals surface area contributed by atoms with E-state index in [-0.39, 0.29) is 35.2 Å². The third-order valence-electron chi connectivity index (χ3n) is 6.24. The standard InChI is InChI=1S/C21H31N3O4S/c1-6-14(2)22-19(25)15-8-7-11-24(13-15)29(27,28)16-9-10-18-17(12-16)21(3,4)20(26)23(18)5/h9-10,12,14-15H,6-8,11,13H2,1-5H3,(H,22,25). The smallest absolute Gasteiger partial charge is 0.243 e. The molecule has 2 heterocycles. The Kier molecular flexibility index (Phi) is 5.80. The summed E-state index contributed by atoms with van der Waals surface area (Å²) in [6.45, 7) is 8.15. The molecule has 2 amide bonds. The molecule has 7 nitrogen and oxygen atoms in total. The van der Waals surface area contributed by atoms with Crippen LogP contribution in [-0.2, 0) is 25.0 Å². The van der Waals surface area contributed by atoms with Crippen molar-refractivity contribution < 1.29 is 18.0 Å². The number of anilines is 1. The molecule has 1 aromatic rings. The van der Waals surface area contributed by atoms with E-state index in [2.05, 4.69) is 5.32 Å². The van der Waals surface area contributed by atoms with Crippen molar-refractivity contribution in [2.75, 3.05) is 25.0 Å². The minimum absolute atomic E-state index is 0.0539. The fourth-order valence-corrected chi connectivity index (χ4v) is 5.65. The van der Waals surface area contributed by atoms with Gasteiger partial charge in [0.2, 0.25) is 21.8 Å². The van der Waals surface area contributed by atoms with Crippen molar-refractivity contribution >= 4 is 27.5 Å². The first-order valence-electron chi connectivity index (χ1n) is 10.2. The summed E-state index contributed by atoms with van der Waals surface area (Å²) in [6.07, 6.45) is 2.17. The maximum absolute atomic E-state index is 13.3. The Morgan fingerprint density at radius 3 is 2.69 bits per heavy atom. The number of hydrogen-bond donors (Lipinski definition) is 1. The van der Waals surface area contributed by atoms with Crippen molar-refractivity contribution in [1.29, 1.82) is 0 Å². The number of rotatable bonds is 5. The van der Waals surface area contributed by atoms with Crippen LogP contribution >= 0.6 is 0 Å². The van der Waals surface area contributed by atoms with Crippen LogP contribution in [0.1, 0.15) is 52.5 Å². The lowest BCUT2D eigenvalue weighted by atomic mass is 9.86. The summed E-state index contributed by atoms with van der Waals surface area (Å²) >= 11 is 0. The lowest BCUT2D eigenvalue weighted by Crippen LogP contribution is -2.47. The Labute approximate surface area is 173 Å². The van der Waals surface area contributed by atoms with Crippen LogP contribution < -0.4 is 10.2 Å². The fourth-order valence-electron chi connectivity index (χ4n) is 4.10. The molecule has 1 N–H and O–H groups in total. The number of carbonyl (C=O) groups is 2. The van der Waals surface area contributed by atoms with Crippen LogP contribution in [0.3, 0.4) is 0 Å². The normalized spacial score (nSPS) is 23.0. The largest absolute Gasteiger partial charge is 0.353 e. The number of nitrogens with one attached hydrogen (secondary N) is 1. The summed E-state index contributed by atoms with van der Waals surface area (Å²) in [5.74, 6) is -0.477. The van der Waals surface area contributed by atoms with Gasteiger partial charge in [-0.3, -0.25) is 9.59 Å². The number of likely N-dealkylation sites (N-methyl/N-ethyl adjacent to an activating group) is 1. The quantitative estimate of drug-likeness (QED) is 0.790. The minimum atomic E-state index is -3.75. The predicted octanol–water partition coefficient (Wildman–Crippen LogP) is 2.26. The van der Waals surface area contributed by atoms with Gasteiger partial charge in [0.15, 0.2) is 0 Å². The summed E-state index contributed by atoms with van der Waals surface area (Å²) in [5, 5.41) is 2.96. The molecule has 0 spiro atoms. The molecule has 29 heavy (non-hydrogen) atoms. The van der Waals surface area contributed by atoms with Gasteiger partial charge in [-0.1, -0.05) is 6.92 Å². The van der Waals surface area contributed by atoms with E-state index >= 15 is 0 Å². The van der Waals surface area contributed by atoms with Gasteiger partial charge < -0.3 is 10.2 Å². The second-order valence-corrected chi connectivity index (χ2v) is 10.6. The number of fused-ring (bicyclic) bond motifs is 1. The number of piperidine rings is 1. The molecule has 1 saturated heterocycles. The molecule has 160 valence electrons. The van der Waals surface area contributed by atoms with Crippen LogP contribution in [0.15, 0.2) is 23.1 Å². The van der Waals surface area contributed by atoms with Crippen molar-refractivity contribution in [2.24, 2.45) is 5.92 Å². The van der Waals surface area contributed by atoms with E-state index in [0.717, 1.165) is 12.1 Å². The number of sulfonamides is 1. The fraction of sp³-hybridized carbons (Fsp3) is 0.619. The van der Waals surface area contributed by atoms with Crippen molar-refractivity contribution in [1.82, 2.24) is 9.62 Å². The highest BCUT2D eigenvalue weighted by molar-refractivity contribution is 7.89. The molecule has 8 heteroatoms. The lowest BCUT2D eigenvalue weighted by molar-refractivity contribution is -0.126. The molecule has 0 aliphatic carbocycles. The number of nitrogens with zero attached hydrogens (tertiary/aromatic N) is 2. The molecule has 2 aliphatic heterocycles. The summed E-state index contributed by atoms with van der Waals surface area (Å²) in [7, 11) is -2.04. The van der Waals surface area contributed by atoms with Gasteiger partial charge >= 0.3 is 0 Å². The van der Waals surface area contributed by atoms with E-state index in [1.165, 1.54) is 4.31 Å². The molecular formula is C21H31N3O4S. The second kappa shape index (κ2) is 7.72. The Morgan fingerprint density at radius 2 is 2.03 bits per heavy atom. The number of amides is 2. The summed E-state index contributed by atoms with van der Waals surface area (Å²) in [5.41, 5.74) is 0.688. The summed E-state index contributed by atoms with van der Waals surface area (Å²) in [4.78, 5) is 26.8. The van der Waals surface area contributed by atoms with Gasteiger partial charge in [0.25, 0.3) is 0 Å². The molecule has 0 aromatic heterocycles. The van der Waals surface area contributed by atoms with Gasteiger partial charge in [0, 0.05) is 31.9 Å². The third-order valence-corrected chi connectivity index (χ3v) is 8.10. The second-order valence-electron chi connectivity index (χ2n) is 8.69. The molecule has 0 radical (unpaired) electrons. The van der Waals surface area contributed by atoms with Crippen LogP contribution in [0.2, 0.25) is 0 Å². The van der Waals surface area contributed by atoms with Crippen LogP contribution in [0.5, 0.6) is 0 Å². The molecule has 2 aliphatic rings. The average molecular weight is 422 g/mol. The lowest BCUT2D eigenvalue weighted by Gasteiger charge is -2.32. The highest BCUT2D eigenvalue weighted by atomic mass is 32.2. The van der Waals surface area contributed by atoms with E-state index in [4.69, 9.17) is 0 Å². The molecular weight excluding hydrogens is 390 g/mol. The first-order chi connectivity index (χ1) is 13.5. The highest BCUT2D eigenvalue weighted by Gasteiger charge is 2.43. The Hall–Kier alpha value is -1.93. The monoisotopic (exact) mass is 421 g/mol. The molecule has 0 bridgehead atoms. The van der Waals surface area contributed by atoms with E-state index in [1.54, 1.807) is 30.1 Å². The first kappa shape index (κ1) is 21.8. The van der Waals surface area contributed by atoms with Gasteiger partial charge in [-0.25, -0.2) is 8.42 Å². The number of benzene rings is 1. The van der Waals surface area contributed by atoms with Crippen molar-refractivity contribution in [2.45, 2.75) is 63.3 Å². The highest BCUT2D eigenvalue weighted by Crippen LogP contribution is 2.42. The topological polar surface area (TPSA) is 86.8 Å². The average Bonchev–Trinajstić information content (AvgIpc) is 2.88. The van der Waals surface area contributed by atoms with Crippen LogP contribution in [0.25, 0.3) is 0 Å². The zero-order chi connectivity index (χ0) is 21.6. The van der Waals surface area contributed by atoms with E-state index in [0.29, 0.717) is 24.9 Å². The van der Waals surface area contributed by atoms with Gasteiger partial charge in [-0.05, 0) is 63.8 Å². The Balaban J connectivity index is 1.86. The van der Waals surface area contributed by atoms with Gasteiger partial charge in [-0.15, -0.1) is 0 Å². The zero-order valence-electron chi connectivity index (χ0n) is 17.9. The van der Waals surface area contributed by atoms with Crippen molar-refractivity contribution in [3.05, 3.63) is 23.8 Å². The van der Waals surface area contributed by atoms with E-state index in [9.17, 15) is 18.0 Å². The van der Waals surface area contributed by atoms with E-state index < -0.39 is 15.4 Å². The zero-order valence-corrected chi connectivity index (χ0v) is 18.7. The maximum Gasteiger partial charge on any atom is 0.243 e. The Bertz CT molecular complexity index is 926. The molecule has 3 rings (SSSR count). The van der Waals surface area contributed by atoms with Gasteiger partial charge in [0.05, 0.1) is 16.2 Å². The third kappa shape index (κ3) is 3.80. The molecule has 0 saturated carbocycles. The predicted molar refractivity (Wildman–Crippen MR) is 112 cm³/mol. The number of hydrogen-bond acceptors (Lipinski definition) is 4. The van der Waals surface area contributed by atoms with E-state index in [1.807, 2.05) is 27.7 Å². The summed E-state index contributed by atoms with van der Waals surface area (Å²) < 4.78 is 28.0. The van der Waals surface area contributed by atoms with Crippen LogP contribution in [0.4, 0.5) is 5.69 Å². The number of carbonyl (C=O) groups excluding carboxylic acids is 2. The maximum atomic E-state index is 13.3. The van der Waals surface area contributed by atoms with Gasteiger partial charge in [-0.2, -0.15) is 4.31 Å². The van der Waals surface area contributed by atoms with Crippen LogP contribution in [0, 0.1) is 5.92 Å². The molecule has 1 aromatic carbocycles. The molecule has 2 unspecified atom stereocenters. The minimum Gasteiger partial charge on any atom is -0.353 e. The molecule has 1 fully saturated rings. The van der Waals surface area contributed by atoms with Gasteiger partial charge in [0.1, 0.15) is 0 Å². The first-order valence-corrected chi connectivity index (χ1v) is 11.7. The van der Waals surface area contributed by atoms with Crippen LogP contribution in [-0.4, -0.2) is 50.7 Å². The molecule has 2 atom stereocenters. The van der Waals surface area contributed by atoms with Crippen molar-refractivity contribution in [3.8, 4) is 0 Å².